The third-order valence-corrected chi connectivity index (χ3v) is 3.32. The van der Waals surface area contributed by atoms with Crippen molar-refractivity contribution in [3.63, 3.8) is 0 Å². The zero-order valence-corrected chi connectivity index (χ0v) is 13.7. The zero-order valence-electron chi connectivity index (χ0n) is 12.2. The summed E-state index contributed by atoms with van der Waals surface area (Å²) in [5.41, 5.74) is 0.427. The topological polar surface area (TPSA) is 108 Å². The summed E-state index contributed by atoms with van der Waals surface area (Å²) < 4.78 is 20.7. The summed E-state index contributed by atoms with van der Waals surface area (Å²) in [6.45, 7) is -0.370. The Morgan fingerprint density at radius 3 is 2.83 bits per heavy atom. The van der Waals surface area contributed by atoms with Gasteiger partial charge in [0.05, 0.1) is 6.26 Å². The van der Waals surface area contributed by atoms with Crippen molar-refractivity contribution in [3.05, 3.63) is 52.7 Å². The van der Waals surface area contributed by atoms with Crippen molar-refractivity contribution in [1.29, 1.82) is 0 Å². The van der Waals surface area contributed by atoms with E-state index in [4.69, 9.17) is 18.1 Å². The molecule has 124 valence electrons. The SMILES string of the molecule is O=C(CNC(=O)c1ccc(Br)o1)OCc1cc(-c2ccco2)on1. The minimum atomic E-state index is -0.614. The molecule has 0 aliphatic carbocycles. The lowest BCUT2D eigenvalue weighted by molar-refractivity contribution is -0.143. The van der Waals surface area contributed by atoms with E-state index in [9.17, 15) is 9.59 Å². The van der Waals surface area contributed by atoms with Crippen molar-refractivity contribution in [2.75, 3.05) is 6.54 Å². The molecular weight excluding hydrogens is 384 g/mol. The third kappa shape index (κ3) is 3.93. The highest BCUT2D eigenvalue weighted by Crippen LogP contribution is 2.20. The smallest absolute Gasteiger partial charge is 0.325 e. The first-order valence-electron chi connectivity index (χ1n) is 6.80. The van der Waals surface area contributed by atoms with Crippen LogP contribution in [0.3, 0.4) is 0 Å². The first kappa shape index (κ1) is 16.1. The zero-order chi connectivity index (χ0) is 16.9. The molecule has 0 aromatic carbocycles. The number of esters is 1. The molecule has 1 amide bonds. The number of hydrogen-bond donors (Lipinski definition) is 1. The molecule has 0 bridgehead atoms. The second kappa shape index (κ2) is 7.18. The Balaban J connectivity index is 1.45. The van der Waals surface area contributed by atoms with Crippen LogP contribution in [-0.4, -0.2) is 23.6 Å². The van der Waals surface area contributed by atoms with Crippen LogP contribution >= 0.6 is 15.9 Å². The molecule has 0 saturated heterocycles. The van der Waals surface area contributed by atoms with Crippen molar-refractivity contribution < 1.29 is 27.7 Å². The number of rotatable bonds is 6. The maximum Gasteiger partial charge on any atom is 0.325 e. The molecule has 9 heteroatoms. The maximum absolute atomic E-state index is 11.7. The summed E-state index contributed by atoms with van der Waals surface area (Å²) in [7, 11) is 0. The first-order valence-corrected chi connectivity index (χ1v) is 7.60. The molecule has 0 unspecified atom stereocenters. The van der Waals surface area contributed by atoms with Crippen LogP contribution in [0.1, 0.15) is 16.2 Å². The molecule has 0 saturated carbocycles. The molecule has 3 heterocycles. The Bertz CT molecular complexity index is 836. The highest BCUT2D eigenvalue weighted by Gasteiger charge is 2.14. The second-order valence-corrected chi connectivity index (χ2v) is 5.39. The lowest BCUT2D eigenvalue weighted by Crippen LogP contribution is -2.30. The van der Waals surface area contributed by atoms with Gasteiger partial charge in [0.15, 0.2) is 16.2 Å². The van der Waals surface area contributed by atoms with Gasteiger partial charge in [-0.25, -0.2) is 0 Å². The van der Waals surface area contributed by atoms with Crippen LogP contribution in [0.15, 0.2) is 54.6 Å². The van der Waals surface area contributed by atoms with Crippen LogP contribution in [0.4, 0.5) is 0 Å². The number of ether oxygens (including phenoxy) is 1. The fourth-order valence-electron chi connectivity index (χ4n) is 1.80. The van der Waals surface area contributed by atoms with Crippen LogP contribution in [0.25, 0.3) is 11.5 Å². The van der Waals surface area contributed by atoms with Gasteiger partial charge < -0.3 is 23.4 Å². The van der Waals surface area contributed by atoms with Crippen LogP contribution in [0.2, 0.25) is 0 Å². The molecule has 0 spiro atoms. The molecule has 8 nitrogen and oxygen atoms in total. The predicted molar refractivity (Wildman–Crippen MR) is 82.7 cm³/mol. The Morgan fingerprint density at radius 1 is 1.25 bits per heavy atom. The van der Waals surface area contributed by atoms with E-state index >= 15 is 0 Å². The monoisotopic (exact) mass is 394 g/mol. The lowest BCUT2D eigenvalue weighted by atomic mass is 10.3. The van der Waals surface area contributed by atoms with Gasteiger partial charge in [0, 0.05) is 6.07 Å². The average Bonchev–Trinajstić information content (AvgIpc) is 3.30. The largest absolute Gasteiger partial charge is 0.461 e. The highest BCUT2D eigenvalue weighted by atomic mass is 79.9. The van der Waals surface area contributed by atoms with E-state index in [1.54, 1.807) is 24.3 Å². The van der Waals surface area contributed by atoms with Gasteiger partial charge in [-0.2, -0.15) is 0 Å². The van der Waals surface area contributed by atoms with Gasteiger partial charge in [-0.15, -0.1) is 0 Å². The van der Waals surface area contributed by atoms with Crippen molar-refractivity contribution in [2.45, 2.75) is 6.61 Å². The summed E-state index contributed by atoms with van der Waals surface area (Å²) in [4.78, 5) is 23.3. The fraction of sp³-hybridized carbons (Fsp3) is 0.133. The summed E-state index contributed by atoms with van der Waals surface area (Å²) in [6.07, 6.45) is 1.51. The van der Waals surface area contributed by atoms with Gasteiger partial charge in [0.25, 0.3) is 5.91 Å². The molecule has 3 aromatic heterocycles. The minimum Gasteiger partial charge on any atom is -0.461 e. The molecule has 0 aliphatic rings. The molecule has 0 atom stereocenters. The molecule has 3 rings (SSSR count). The van der Waals surface area contributed by atoms with E-state index in [1.165, 1.54) is 12.3 Å². The number of carbonyl (C=O) groups is 2. The van der Waals surface area contributed by atoms with Gasteiger partial charge in [0.2, 0.25) is 5.76 Å². The van der Waals surface area contributed by atoms with Crippen LogP contribution in [-0.2, 0) is 16.1 Å². The normalized spacial score (nSPS) is 10.5. The molecular formula is C15H11BrN2O6. The van der Waals surface area contributed by atoms with Crippen molar-refractivity contribution in [2.24, 2.45) is 0 Å². The van der Waals surface area contributed by atoms with Crippen molar-refractivity contribution in [3.8, 4) is 11.5 Å². The fourth-order valence-corrected chi connectivity index (χ4v) is 2.10. The van der Waals surface area contributed by atoms with Crippen LogP contribution in [0.5, 0.6) is 0 Å². The average molecular weight is 395 g/mol. The van der Waals surface area contributed by atoms with E-state index in [2.05, 4.69) is 26.4 Å². The van der Waals surface area contributed by atoms with E-state index in [0.717, 1.165) is 0 Å². The van der Waals surface area contributed by atoms with Gasteiger partial charge in [-0.05, 0) is 40.2 Å². The standard InChI is InChI=1S/C15H11BrN2O6/c16-13-4-3-11(23-13)15(20)17-7-14(19)22-8-9-6-12(24-18-9)10-2-1-5-21-10/h1-6H,7-8H2,(H,17,20). The molecule has 24 heavy (non-hydrogen) atoms. The number of nitrogens with zero attached hydrogens (tertiary/aromatic N) is 1. The highest BCUT2D eigenvalue weighted by molar-refractivity contribution is 9.10. The van der Waals surface area contributed by atoms with Crippen LogP contribution < -0.4 is 5.32 Å². The minimum absolute atomic E-state index is 0.0782. The quantitative estimate of drug-likeness (QED) is 0.640. The van der Waals surface area contributed by atoms with E-state index < -0.39 is 11.9 Å². The Hall–Kier alpha value is -2.81. The summed E-state index contributed by atoms with van der Waals surface area (Å²) >= 11 is 3.09. The van der Waals surface area contributed by atoms with Gasteiger partial charge >= 0.3 is 5.97 Å². The van der Waals surface area contributed by atoms with E-state index in [0.29, 0.717) is 21.9 Å². The van der Waals surface area contributed by atoms with Crippen LogP contribution in [0, 0.1) is 0 Å². The molecule has 0 radical (unpaired) electrons. The molecule has 3 aromatic rings. The summed E-state index contributed by atoms with van der Waals surface area (Å²) in [6, 6.07) is 8.10. The number of halogens is 1. The summed E-state index contributed by atoms with van der Waals surface area (Å²) in [5, 5.41) is 6.16. The van der Waals surface area contributed by atoms with Gasteiger partial charge in [-0.1, -0.05) is 5.16 Å². The lowest BCUT2D eigenvalue weighted by Gasteiger charge is -2.03. The number of carbonyl (C=O) groups excluding carboxylic acids is 2. The maximum atomic E-state index is 11.7. The van der Waals surface area contributed by atoms with E-state index in [1.807, 2.05) is 0 Å². The Labute approximate surface area is 143 Å². The number of amides is 1. The van der Waals surface area contributed by atoms with E-state index in [-0.39, 0.29) is 18.9 Å². The summed E-state index contributed by atoms with van der Waals surface area (Å²) in [5.74, 6) is -0.0790. The predicted octanol–water partition coefficient (Wildman–Crippen LogP) is 2.76. The number of aromatic nitrogens is 1. The number of nitrogens with one attached hydrogen (secondary N) is 1. The third-order valence-electron chi connectivity index (χ3n) is 2.89. The second-order valence-electron chi connectivity index (χ2n) is 4.61. The Morgan fingerprint density at radius 2 is 2.12 bits per heavy atom. The molecule has 1 N–H and O–H groups in total. The van der Waals surface area contributed by atoms with Gasteiger partial charge in [-0.3, -0.25) is 9.59 Å². The van der Waals surface area contributed by atoms with Crippen molar-refractivity contribution in [1.82, 2.24) is 10.5 Å². The first-order chi connectivity index (χ1) is 11.6. The van der Waals surface area contributed by atoms with Crippen molar-refractivity contribution >= 4 is 27.8 Å². The molecule has 0 fully saturated rings. The Kier molecular flexibility index (Phi) is 4.80. The number of furan rings is 2. The molecule has 0 aliphatic heterocycles. The van der Waals surface area contributed by atoms with Gasteiger partial charge in [0.1, 0.15) is 18.8 Å². The number of hydrogen-bond acceptors (Lipinski definition) is 7.